The standard InChI is InChI=1S/C14H19N3O2S/c1-9-6-10(2)14(11(3)7-9)20(18,19)16-13-8-15-17(5)12(13)4/h6-8,16H,1-5H3. The number of nitrogens with zero attached hydrogens (tertiary/aromatic N) is 2. The molecular formula is C14H19N3O2S. The summed E-state index contributed by atoms with van der Waals surface area (Å²) in [5, 5.41) is 4.04. The third kappa shape index (κ3) is 2.56. The first-order valence-corrected chi connectivity index (χ1v) is 7.80. The summed E-state index contributed by atoms with van der Waals surface area (Å²) in [6, 6.07) is 3.75. The highest BCUT2D eigenvalue weighted by Crippen LogP contribution is 2.25. The van der Waals surface area contributed by atoms with E-state index in [4.69, 9.17) is 0 Å². The molecule has 0 aliphatic rings. The summed E-state index contributed by atoms with van der Waals surface area (Å²) in [5.41, 5.74) is 3.83. The number of aromatic nitrogens is 2. The first-order chi connectivity index (χ1) is 9.22. The molecule has 0 amide bonds. The second-order valence-corrected chi connectivity index (χ2v) is 6.72. The molecule has 6 heteroatoms. The summed E-state index contributed by atoms with van der Waals surface area (Å²) in [5.74, 6) is 0. The van der Waals surface area contributed by atoms with Crippen LogP contribution in [-0.2, 0) is 17.1 Å². The highest BCUT2D eigenvalue weighted by Gasteiger charge is 2.21. The highest BCUT2D eigenvalue weighted by atomic mass is 32.2. The van der Waals surface area contributed by atoms with E-state index >= 15 is 0 Å². The van der Waals surface area contributed by atoms with Crippen molar-refractivity contribution < 1.29 is 8.42 Å². The summed E-state index contributed by atoms with van der Waals surface area (Å²) >= 11 is 0. The van der Waals surface area contributed by atoms with Crippen molar-refractivity contribution in [2.75, 3.05) is 4.72 Å². The molecule has 108 valence electrons. The van der Waals surface area contributed by atoms with Crippen LogP contribution in [0.2, 0.25) is 0 Å². The van der Waals surface area contributed by atoms with E-state index < -0.39 is 10.0 Å². The lowest BCUT2D eigenvalue weighted by atomic mass is 10.1. The van der Waals surface area contributed by atoms with Crippen LogP contribution < -0.4 is 4.72 Å². The lowest BCUT2D eigenvalue weighted by Crippen LogP contribution is -2.16. The van der Waals surface area contributed by atoms with Gasteiger partial charge in [-0.05, 0) is 38.8 Å². The molecule has 1 aromatic heterocycles. The molecular weight excluding hydrogens is 274 g/mol. The monoisotopic (exact) mass is 293 g/mol. The van der Waals surface area contributed by atoms with E-state index in [-0.39, 0.29) is 0 Å². The van der Waals surface area contributed by atoms with Crippen LogP contribution in [0.1, 0.15) is 22.4 Å². The van der Waals surface area contributed by atoms with Gasteiger partial charge in [0.05, 0.1) is 22.5 Å². The molecule has 0 atom stereocenters. The molecule has 0 aliphatic carbocycles. The maximum atomic E-state index is 12.6. The molecule has 0 saturated carbocycles. The van der Waals surface area contributed by atoms with E-state index in [1.807, 2.05) is 39.8 Å². The van der Waals surface area contributed by atoms with E-state index in [9.17, 15) is 8.42 Å². The predicted molar refractivity (Wildman–Crippen MR) is 79.4 cm³/mol. The van der Waals surface area contributed by atoms with Crippen molar-refractivity contribution in [1.82, 2.24) is 9.78 Å². The van der Waals surface area contributed by atoms with Crippen LogP contribution in [0, 0.1) is 27.7 Å². The molecule has 20 heavy (non-hydrogen) atoms. The normalized spacial score (nSPS) is 11.7. The second kappa shape index (κ2) is 4.94. The molecule has 1 aromatic carbocycles. The molecule has 0 saturated heterocycles. The van der Waals surface area contributed by atoms with Crippen molar-refractivity contribution >= 4 is 15.7 Å². The number of rotatable bonds is 3. The van der Waals surface area contributed by atoms with Gasteiger partial charge in [-0.3, -0.25) is 9.40 Å². The molecule has 0 spiro atoms. The van der Waals surface area contributed by atoms with Gasteiger partial charge in [-0.1, -0.05) is 17.7 Å². The van der Waals surface area contributed by atoms with Crippen molar-refractivity contribution in [3.63, 3.8) is 0 Å². The lowest BCUT2D eigenvalue weighted by molar-refractivity contribution is 0.600. The largest absolute Gasteiger partial charge is 0.276 e. The minimum atomic E-state index is -3.60. The molecule has 0 fully saturated rings. The second-order valence-electron chi connectivity index (χ2n) is 5.10. The van der Waals surface area contributed by atoms with Gasteiger partial charge < -0.3 is 0 Å². The Bertz CT molecular complexity index is 738. The van der Waals surface area contributed by atoms with E-state index in [0.29, 0.717) is 10.6 Å². The van der Waals surface area contributed by atoms with Gasteiger partial charge in [0, 0.05) is 7.05 Å². The SMILES string of the molecule is Cc1cc(C)c(S(=O)(=O)Nc2cnn(C)c2C)c(C)c1. The van der Waals surface area contributed by atoms with Gasteiger partial charge in [-0.2, -0.15) is 5.10 Å². The van der Waals surface area contributed by atoms with Crippen molar-refractivity contribution in [3.8, 4) is 0 Å². The van der Waals surface area contributed by atoms with Crippen LogP contribution in [0.25, 0.3) is 0 Å². The van der Waals surface area contributed by atoms with Gasteiger partial charge in [0.25, 0.3) is 10.0 Å². The summed E-state index contributed by atoms with van der Waals surface area (Å²) in [4.78, 5) is 0.339. The molecule has 0 radical (unpaired) electrons. The Kier molecular flexibility index (Phi) is 3.60. The fraction of sp³-hybridized carbons (Fsp3) is 0.357. The molecule has 1 N–H and O–H groups in total. The van der Waals surface area contributed by atoms with Crippen molar-refractivity contribution in [2.24, 2.45) is 7.05 Å². The Labute approximate surface area is 119 Å². The number of benzene rings is 1. The van der Waals surface area contributed by atoms with E-state index in [0.717, 1.165) is 22.4 Å². The van der Waals surface area contributed by atoms with Gasteiger partial charge in [0.15, 0.2) is 0 Å². The maximum Gasteiger partial charge on any atom is 0.262 e. The molecule has 1 heterocycles. The molecule has 0 bridgehead atoms. The molecule has 0 aliphatic heterocycles. The maximum absolute atomic E-state index is 12.6. The van der Waals surface area contributed by atoms with E-state index in [1.165, 1.54) is 6.20 Å². The number of aryl methyl sites for hydroxylation is 4. The van der Waals surface area contributed by atoms with Gasteiger partial charge in [0.2, 0.25) is 0 Å². The number of nitrogens with one attached hydrogen (secondary N) is 1. The first-order valence-electron chi connectivity index (χ1n) is 6.31. The first kappa shape index (κ1) is 14.6. The number of hydrogen-bond acceptors (Lipinski definition) is 3. The van der Waals surface area contributed by atoms with Crippen molar-refractivity contribution in [2.45, 2.75) is 32.6 Å². The topological polar surface area (TPSA) is 64.0 Å². The quantitative estimate of drug-likeness (QED) is 0.945. The minimum Gasteiger partial charge on any atom is -0.276 e. The zero-order valence-electron chi connectivity index (χ0n) is 12.4. The Morgan fingerprint density at radius 3 is 2.10 bits per heavy atom. The third-order valence-electron chi connectivity index (χ3n) is 3.35. The summed E-state index contributed by atoms with van der Waals surface area (Å²) in [6.07, 6.45) is 1.52. The van der Waals surface area contributed by atoms with Gasteiger partial charge in [-0.25, -0.2) is 8.42 Å². The molecule has 0 unspecified atom stereocenters. The van der Waals surface area contributed by atoms with Gasteiger partial charge >= 0.3 is 0 Å². The smallest absolute Gasteiger partial charge is 0.262 e. The lowest BCUT2D eigenvalue weighted by Gasteiger charge is -2.13. The number of sulfonamides is 1. The zero-order chi connectivity index (χ0) is 15.1. The van der Waals surface area contributed by atoms with Crippen LogP contribution >= 0.6 is 0 Å². The number of hydrogen-bond donors (Lipinski definition) is 1. The fourth-order valence-corrected chi connectivity index (χ4v) is 3.94. The molecule has 5 nitrogen and oxygen atoms in total. The van der Waals surface area contributed by atoms with Crippen LogP contribution in [-0.4, -0.2) is 18.2 Å². The zero-order valence-corrected chi connectivity index (χ0v) is 13.2. The van der Waals surface area contributed by atoms with Crippen LogP contribution in [0.3, 0.4) is 0 Å². The Balaban J connectivity index is 2.49. The minimum absolute atomic E-state index is 0.339. The Morgan fingerprint density at radius 2 is 1.65 bits per heavy atom. The van der Waals surface area contributed by atoms with Gasteiger partial charge in [0.1, 0.15) is 0 Å². The van der Waals surface area contributed by atoms with Gasteiger partial charge in [-0.15, -0.1) is 0 Å². The van der Waals surface area contributed by atoms with Crippen LogP contribution in [0.5, 0.6) is 0 Å². The van der Waals surface area contributed by atoms with Crippen LogP contribution in [0.15, 0.2) is 23.2 Å². The third-order valence-corrected chi connectivity index (χ3v) is 5.02. The van der Waals surface area contributed by atoms with E-state index in [1.54, 1.807) is 11.7 Å². The van der Waals surface area contributed by atoms with E-state index in [2.05, 4.69) is 9.82 Å². The Morgan fingerprint density at radius 1 is 1.10 bits per heavy atom. The summed E-state index contributed by atoms with van der Waals surface area (Å²) < 4.78 is 29.4. The average Bonchev–Trinajstić information content (AvgIpc) is 2.58. The highest BCUT2D eigenvalue weighted by molar-refractivity contribution is 7.92. The average molecular weight is 293 g/mol. The van der Waals surface area contributed by atoms with Crippen LogP contribution in [0.4, 0.5) is 5.69 Å². The predicted octanol–water partition coefficient (Wildman–Crippen LogP) is 2.45. The number of anilines is 1. The molecule has 2 rings (SSSR count). The van der Waals surface area contributed by atoms with Crippen molar-refractivity contribution in [1.29, 1.82) is 0 Å². The Hall–Kier alpha value is -1.82. The summed E-state index contributed by atoms with van der Waals surface area (Å²) in [6.45, 7) is 7.39. The molecule has 2 aromatic rings. The fourth-order valence-electron chi connectivity index (χ4n) is 2.39. The summed E-state index contributed by atoms with van der Waals surface area (Å²) in [7, 11) is -1.83. The van der Waals surface area contributed by atoms with Crippen molar-refractivity contribution in [3.05, 3.63) is 40.7 Å².